The number of rotatable bonds is 4. The summed E-state index contributed by atoms with van der Waals surface area (Å²) in [4.78, 5) is 14.6. The fraction of sp³-hybridized carbons (Fsp3) is 0.286. The number of carbonyl (C=O) groups is 1. The maximum Gasteiger partial charge on any atom is 0.224 e. The van der Waals surface area contributed by atoms with Gasteiger partial charge in [0, 0.05) is 36.2 Å². The van der Waals surface area contributed by atoms with Gasteiger partial charge in [0.1, 0.15) is 6.10 Å². The molecule has 1 aliphatic rings. The SMILES string of the molecule is O=C(CCn1ccc2ccc(Cl)cc21)N1CCOC(c2ccccc2)C1. The number of ether oxygens (including phenoxy) is 1. The minimum absolute atomic E-state index is 0.0416. The highest BCUT2D eigenvalue weighted by Crippen LogP contribution is 2.23. The van der Waals surface area contributed by atoms with Crippen LogP contribution in [0.4, 0.5) is 0 Å². The van der Waals surface area contributed by atoms with Crippen LogP contribution in [0.3, 0.4) is 0 Å². The van der Waals surface area contributed by atoms with Crippen molar-refractivity contribution in [2.75, 3.05) is 19.7 Å². The van der Waals surface area contributed by atoms with Crippen molar-refractivity contribution in [3.63, 3.8) is 0 Å². The number of halogens is 1. The summed E-state index contributed by atoms with van der Waals surface area (Å²) in [6.45, 7) is 2.49. The van der Waals surface area contributed by atoms with Crippen LogP contribution in [0.25, 0.3) is 10.9 Å². The molecule has 4 nitrogen and oxygen atoms in total. The molecule has 1 amide bonds. The van der Waals surface area contributed by atoms with Gasteiger partial charge in [0.05, 0.1) is 13.2 Å². The van der Waals surface area contributed by atoms with Crippen molar-refractivity contribution in [1.29, 1.82) is 0 Å². The number of aryl methyl sites for hydroxylation is 1. The fourth-order valence-electron chi connectivity index (χ4n) is 3.47. The van der Waals surface area contributed by atoms with Crippen LogP contribution in [0.2, 0.25) is 5.02 Å². The Balaban J connectivity index is 1.40. The molecule has 0 spiro atoms. The van der Waals surface area contributed by atoms with Gasteiger partial charge in [-0.05, 0) is 29.1 Å². The molecule has 26 heavy (non-hydrogen) atoms. The number of nitrogens with zero attached hydrogens (tertiary/aromatic N) is 2. The summed E-state index contributed by atoms with van der Waals surface area (Å²) in [5.41, 5.74) is 2.19. The lowest BCUT2D eigenvalue weighted by molar-refractivity contribution is -0.139. The number of benzene rings is 2. The zero-order valence-corrected chi connectivity index (χ0v) is 15.2. The van der Waals surface area contributed by atoms with Gasteiger partial charge in [-0.15, -0.1) is 0 Å². The molecule has 1 atom stereocenters. The highest BCUT2D eigenvalue weighted by molar-refractivity contribution is 6.31. The summed E-state index contributed by atoms with van der Waals surface area (Å²) in [6.07, 6.45) is 2.44. The predicted molar refractivity (Wildman–Crippen MR) is 103 cm³/mol. The van der Waals surface area contributed by atoms with Crippen molar-refractivity contribution in [2.45, 2.75) is 19.1 Å². The molecule has 0 bridgehead atoms. The molecular formula is C21H21ClN2O2. The molecular weight excluding hydrogens is 348 g/mol. The van der Waals surface area contributed by atoms with Crippen LogP contribution in [0.1, 0.15) is 18.1 Å². The summed E-state index contributed by atoms with van der Waals surface area (Å²) < 4.78 is 7.94. The van der Waals surface area contributed by atoms with E-state index in [0.29, 0.717) is 37.7 Å². The molecule has 2 aromatic carbocycles. The summed E-state index contributed by atoms with van der Waals surface area (Å²) in [7, 11) is 0. The predicted octanol–water partition coefficient (Wildman–Crippen LogP) is 4.28. The minimum atomic E-state index is -0.0416. The number of aromatic nitrogens is 1. The molecule has 0 aliphatic carbocycles. The Morgan fingerprint density at radius 2 is 2.00 bits per heavy atom. The number of fused-ring (bicyclic) bond motifs is 1. The van der Waals surface area contributed by atoms with Crippen LogP contribution >= 0.6 is 11.6 Å². The first-order valence-corrected chi connectivity index (χ1v) is 9.27. The molecule has 1 fully saturated rings. The maximum atomic E-state index is 12.7. The standard InChI is InChI=1S/C21H21ClN2O2/c22-18-7-6-16-8-10-23(19(16)14-18)11-9-21(25)24-12-13-26-20(15-24)17-4-2-1-3-5-17/h1-8,10,14,20H,9,11-13,15H2. The Morgan fingerprint density at radius 1 is 1.15 bits per heavy atom. The van der Waals surface area contributed by atoms with Gasteiger partial charge in [-0.3, -0.25) is 4.79 Å². The van der Waals surface area contributed by atoms with Gasteiger partial charge in [0.2, 0.25) is 5.91 Å². The Morgan fingerprint density at radius 3 is 2.85 bits per heavy atom. The lowest BCUT2D eigenvalue weighted by Gasteiger charge is -2.33. The first-order valence-electron chi connectivity index (χ1n) is 8.89. The van der Waals surface area contributed by atoms with E-state index >= 15 is 0 Å². The van der Waals surface area contributed by atoms with E-state index < -0.39 is 0 Å². The molecule has 0 N–H and O–H groups in total. The second-order valence-corrected chi connectivity index (χ2v) is 7.01. The number of carbonyl (C=O) groups excluding carboxylic acids is 1. The van der Waals surface area contributed by atoms with E-state index in [1.54, 1.807) is 0 Å². The largest absolute Gasteiger partial charge is 0.370 e. The van der Waals surface area contributed by atoms with E-state index in [1.165, 1.54) is 0 Å². The molecule has 2 heterocycles. The van der Waals surface area contributed by atoms with E-state index in [2.05, 4.69) is 10.6 Å². The van der Waals surface area contributed by atoms with Crippen LogP contribution in [0.15, 0.2) is 60.8 Å². The first kappa shape index (κ1) is 17.1. The van der Waals surface area contributed by atoms with Crippen molar-refractivity contribution in [2.24, 2.45) is 0 Å². The van der Waals surface area contributed by atoms with E-state index in [-0.39, 0.29) is 12.0 Å². The zero-order chi connectivity index (χ0) is 17.9. The molecule has 5 heteroatoms. The summed E-state index contributed by atoms with van der Waals surface area (Å²) >= 11 is 6.10. The molecule has 134 valence electrons. The molecule has 1 aromatic heterocycles. The minimum Gasteiger partial charge on any atom is -0.370 e. The molecule has 0 radical (unpaired) electrons. The number of morpholine rings is 1. The fourth-order valence-corrected chi connectivity index (χ4v) is 3.64. The van der Waals surface area contributed by atoms with Crippen molar-refractivity contribution in [3.8, 4) is 0 Å². The van der Waals surface area contributed by atoms with Gasteiger partial charge in [-0.25, -0.2) is 0 Å². The van der Waals surface area contributed by atoms with Crippen LogP contribution in [0, 0.1) is 0 Å². The van der Waals surface area contributed by atoms with Crippen molar-refractivity contribution >= 4 is 28.4 Å². The summed E-state index contributed by atoms with van der Waals surface area (Å²) in [5.74, 6) is 0.165. The maximum absolute atomic E-state index is 12.7. The molecule has 1 saturated heterocycles. The topological polar surface area (TPSA) is 34.5 Å². The third-order valence-corrected chi connectivity index (χ3v) is 5.13. The first-order chi connectivity index (χ1) is 12.7. The third-order valence-electron chi connectivity index (χ3n) is 4.89. The van der Waals surface area contributed by atoms with E-state index in [4.69, 9.17) is 16.3 Å². The second-order valence-electron chi connectivity index (χ2n) is 6.57. The van der Waals surface area contributed by atoms with Gasteiger partial charge in [0.25, 0.3) is 0 Å². The van der Waals surface area contributed by atoms with E-state index in [1.807, 2.05) is 59.6 Å². The summed E-state index contributed by atoms with van der Waals surface area (Å²) in [6, 6.07) is 18.0. The molecule has 1 aliphatic heterocycles. The van der Waals surface area contributed by atoms with Gasteiger partial charge >= 0.3 is 0 Å². The van der Waals surface area contributed by atoms with E-state index in [0.717, 1.165) is 16.5 Å². The van der Waals surface area contributed by atoms with E-state index in [9.17, 15) is 4.79 Å². The van der Waals surface area contributed by atoms with Crippen LogP contribution in [-0.2, 0) is 16.1 Å². The average Bonchev–Trinajstić information content (AvgIpc) is 3.09. The van der Waals surface area contributed by atoms with Crippen LogP contribution in [0.5, 0.6) is 0 Å². The highest BCUT2D eigenvalue weighted by Gasteiger charge is 2.25. The van der Waals surface area contributed by atoms with Gasteiger partial charge in [0.15, 0.2) is 0 Å². The number of hydrogen-bond acceptors (Lipinski definition) is 2. The van der Waals surface area contributed by atoms with Crippen molar-refractivity contribution in [1.82, 2.24) is 9.47 Å². The van der Waals surface area contributed by atoms with Crippen LogP contribution < -0.4 is 0 Å². The van der Waals surface area contributed by atoms with Gasteiger partial charge in [-0.2, -0.15) is 0 Å². The molecule has 0 saturated carbocycles. The average molecular weight is 369 g/mol. The Hall–Kier alpha value is -2.30. The molecule has 3 aromatic rings. The lowest BCUT2D eigenvalue weighted by atomic mass is 10.1. The smallest absolute Gasteiger partial charge is 0.224 e. The number of hydrogen-bond donors (Lipinski definition) is 0. The van der Waals surface area contributed by atoms with Crippen molar-refractivity contribution < 1.29 is 9.53 Å². The second kappa shape index (κ2) is 7.52. The Bertz CT molecular complexity index is 907. The Kier molecular flexibility index (Phi) is 4.96. The highest BCUT2D eigenvalue weighted by atomic mass is 35.5. The Labute approximate surface area is 157 Å². The van der Waals surface area contributed by atoms with Crippen molar-refractivity contribution in [3.05, 3.63) is 71.4 Å². The number of amides is 1. The zero-order valence-electron chi connectivity index (χ0n) is 14.5. The molecule has 1 unspecified atom stereocenters. The quantitative estimate of drug-likeness (QED) is 0.688. The van der Waals surface area contributed by atoms with Gasteiger partial charge in [-0.1, -0.05) is 48.0 Å². The van der Waals surface area contributed by atoms with Crippen LogP contribution in [-0.4, -0.2) is 35.1 Å². The normalized spacial score (nSPS) is 17.6. The molecule has 4 rings (SSSR count). The lowest BCUT2D eigenvalue weighted by Crippen LogP contribution is -2.42. The third kappa shape index (κ3) is 3.62. The monoisotopic (exact) mass is 368 g/mol. The summed E-state index contributed by atoms with van der Waals surface area (Å²) in [5, 5.41) is 1.85. The van der Waals surface area contributed by atoms with Gasteiger partial charge < -0.3 is 14.2 Å².